The highest BCUT2D eigenvalue weighted by atomic mass is 19.2. The second-order valence-corrected chi connectivity index (χ2v) is 15.4. The Labute approximate surface area is 288 Å². The quantitative estimate of drug-likeness (QED) is 0.187. The lowest BCUT2D eigenvalue weighted by molar-refractivity contribution is 0.0851. The van der Waals surface area contributed by atoms with Crippen molar-refractivity contribution in [3.63, 3.8) is 0 Å². The summed E-state index contributed by atoms with van der Waals surface area (Å²) in [6, 6.07) is 12.8. The van der Waals surface area contributed by atoms with Crippen LogP contribution in [-0.2, 0) is 12.8 Å². The van der Waals surface area contributed by atoms with Crippen molar-refractivity contribution in [1.29, 1.82) is 0 Å². The molecule has 1 unspecified atom stereocenters. The van der Waals surface area contributed by atoms with Gasteiger partial charge in [0.2, 0.25) is 0 Å². The van der Waals surface area contributed by atoms with Crippen LogP contribution in [0, 0.1) is 52.9 Å². The van der Waals surface area contributed by atoms with Crippen molar-refractivity contribution in [2.24, 2.45) is 29.6 Å². The SMILES string of the molecule is CCCC1CCC(C2=Cc3cc4cc(F)c(F)cc4cc3C2)CC1.CCCC1CCC(C2Cc3cc4cc(F)c(F)cc4cc3C2=O)CC1. The Morgan fingerprint density at radius 2 is 1.08 bits per heavy atom. The maximum absolute atomic E-state index is 13.5. The summed E-state index contributed by atoms with van der Waals surface area (Å²) in [7, 11) is 0. The van der Waals surface area contributed by atoms with Crippen LogP contribution in [-0.4, -0.2) is 5.78 Å². The molecule has 0 saturated heterocycles. The first-order valence-electron chi connectivity index (χ1n) is 18.8. The monoisotopic (exact) mass is 668 g/mol. The van der Waals surface area contributed by atoms with Crippen LogP contribution in [0.15, 0.2) is 54.1 Å². The van der Waals surface area contributed by atoms with Crippen molar-refractivity contribution in [3.8, 4) is 0 Å². The van der Waals surface area contributed by atoms with Crippen molar-refractivity contribution >= 4 is 33.4 Å². The minimum absolute atomic E-state index is 0.0593. The van der Waals surface area contributed by atoms with Gasteiger partial charge in [0.05, 0.1) is 0 Å². The minimum Gasteiger partial charge on any atom is -0.294 e. The smallest absolute Gasteiger partial charge is 0.166 e. The highest BCUT2D eigenvalue weighted by Crippen LogP contribution is 2.43. The molecule has 2 saturated carbocycles. The molecule has 258 valence electrons. The topological polar surface area (TPSA) is 17.1 Å². The number of hydrogen-bond acceptors (Lipinski definition) is 1. The zero-order valence-electron chi connectivity index (χ0n) is 28.9. The van der Waals surface area contributed by atoms with Crippen molar-refractivity contribution in [1.82, 2.24) is 0 Å². The molecule has 2 fully saturated rings. The van der Waals surface area contributed by atoms with Crippen molar-refractivity contribution < 1.29 is 22.4 Å². The third-order valence-electron chi connectivity index (χ3n) is 12.2. The normalized spacial score (nSPS) is 24.8. The van der Waals surface area contributed by atoms with E-state index in [4.69, 9.17) is 0 Å². The first-order valence-corrected chi connectivity index (χ1v) is 18.8. The van der Waals surface area contributed by atoms with E-state index in [1.807, 2.05) is 18.2 Å². The predicted octanol–water partition coefficient (Wildman–Crippen LogP) is 12.7. The van der Waals surface area contributed by atoms with Crippen LogP contribution >= 0.6 is 0 Å². The molecule has 0 spiro atoms. The first kappa shape index (κ1) is 34.0. The van der Waals surface area contributed by atoms with Crippen LogP contribution in [0.1, 0.15) is 118 Å². The van der Waals surface area contributed by atoms with Gasteiger partial charge in [0, 0.05) is 11.5 Å². The number of hydrogen-bond donors (Lipinski definition) is 0. The van der Waals surface area contributed by atoms with Crippen molar-refractivity contribution in [2.75, 3.05) is 0 Å². The highest BCUT2D eigenvalue weighted by Gasteiger charge is 2.38. The number of rotatable bonds is 6. The molecule has 4 aromatic rings. The van der Waals surface area contributed by atoms with Gasteiger partial charge in [0.1, 0.15) is 0 Å². The molecular weight excluding hydrogens is 620 g/mol. The van der Waals surface area contributed by atoms with Gasteiger partial charge in [-0.2, -0.15) is 0 Å². The van der Waals surface area contributed by atoms with E-state index in [1.54, 1.807) is 6.07 Å². The number of fused-ring (bicyclic) bond motifs is 4. The molecule has 0 aromatic heterocycles. The molecule has 8 rings (SSSR count). The highest BCUT2D eigenvalue weighted by molar-refractivity contribution is 6.05. The number of allylic oxidation sites excluding steroid dienone is 1. The summed E-state index contributed by atoms with van der Waals surface area (Å²) >= 11 is 0. The number of benzene rings is 4. The Balaban J connectivity index is 0.000000154. The molecule has 0 N–H and O–H groups in total. The van der Waals surface area contributed by atoms with Gasteiger partial charge in [-0.25, -0.2) is 17.6 Å². The second kappa shape index (κ2) is 14.4. The van der Waals surface area contributed by atoms with E-state index in [0.29, 0.717) is 22.6 Å². The van der Waals surface area contributed by atoms with Gasteiger partial charge in [-0.1, -0.05) is 76.2 Å². The van der Waals surface area contributed by atoms with E-state index in [2.05, 4.69) is 19.9 Å². The lowest BCUT2D eigenvalue weighted by atomic mass is 9.73. The Hall–Kier alpha value is -3.47. The predicted molar refractivity (Wildman–Crippen MR) is 192 cm³/mol. The van der Waals surface area contributed by atoms with Crippen LogP contribution in [0.5, 0.6) is 0 Å². The fourth-order valence-corrected chi connectivity index (χ4v) is 9.55. The zero-order chi connectivity index (χ0) is 34.2. The van der Waals surface area contributed by atoms with Crippen LogP contribution in [0.3, 0.4) is 0 Å². The largest absolute Gasteiger partial charge is 0.294 e. The van der Waals surface area contributed by atoms with Gasteiger partial charge >= 0.3 is 0 Å². The molecule has 0 radical (unpaired) electrons. The lowest BCUT2D eigenvalue weighted by Crippen LogP contribution is -2.25. The number of ketones is 1. The molecule has 4 aliphatic rings. The summed E-state index contributed by atoms with van der Waals surface area (Å²) in [6.07, 6.45) is 19.3. The van der Waals surface area contributed by atoms with Gasteiger partial charge in [0.25, 0.3) is 0 Å². The Morgan fingerprint density at radius 3 is 1.63 bits per heavy atom. The molecule has 1 atom stereocenters. The molecular formula is C44H48F4O. The van der Waals surface area contributed by atoms with E-state index in [-0.39, 0.29) is 11.7 Å². The summed E-state index contributed by atoms with van der Waals surface area (Å²) in [5.74, 6) is -0.0396. The van der Waals surface area contributed by atoms with Crippen LogP contribution in [0.2, 0.25) is 0 Å². The van der Waals surface area contributed by atoms with Gasteiger partial charge in [-0.3, -0.25) is 4.79 Å². The molecule has 0 heterocycles. The maximum Gasteiger partial charge on any atom is 0.166 e. The van der Waals surface area contributed by atoms with Gasteiger partial charge < -0.3 is 0 Å². The molecule has 1 nitrogen and oxygen atoms in total. The summed E-state index contributed by atoms with van der Waals surface area (Å²) in [5.41, 5.74) is 5.71. The third-order valence-corrected chi connectivity index (χ3v) is 12.2. The molecule has 4 aromatic carbocycles. The number of carbonyl (C=O) groups excluding carboxylic acids is 1. The fourth-order valence-electron chi connectivity index (χ4n) is 9.55. The van der Waals surface area contributed by atoms with Gasteiger partial charge in [-0.15, -0.1) is 0 Å². The minimum atomic E-state index is -0.858. The average molecular weight is 669 g/mol. The van der Waals surface area contributed by atoms with Crippen LogP contribution in [0.4, 0.5) is 17.6 Å². The second-order valence-electron chi connectivity index (χ2n) is 15.4. The molecule has 4 aliphatic carbocycles. The molecule has 49 heavy (non-hydrogen) atoms. The fraction of sp³-hybridized carbons (Fsp3) is 0.477. The molecule has 0 aliphatic heterocycles. The number of halogens is 4. The summed E-state index contributed by atoms with van der Waals surface area (Å²) < 4.78 is 54.0. The maximum atomic E-state index is 13.5. The standard InChI is InChI=1S/C22H24F2O.C22H24F2/c1-2-3-13-4-6-14(7-5-13)18-10-17-8-15-11-20(23)21(24)12-16(15)9-19(17)22(18)25;1-2-3-14-4-6-15(7-5-14)16-8-17-10-19-12-21(23)22(24)13-20(19)11-18(17)9-16/h8-9,11-14,18H,2-7,10H2,1H3;8,10-15H,2-7,9H2,1H3. The Morgan fingerprint density at radius 1 is 0.592 bits per heavy atom. The van der Waals surface area contributed by atoms with Gasteiger partial charge in [0.15, 0.2) is 29.1 Å². The van der Waals surface area contributed by atoms with E-state index < -0.39 is 23.3 Å². The number of Topliss-reactive ketones (excluding diaryl/α,β-unsaturated/α-hetero) is 1. The summed E-state index contributed by atoms with van der Waals surface area (Å²) in [4.78, 5) is 12.9. The molecule has 0 amide bonds. The average Bonchev–Trinajstić information content (AvgIpc) is 3.65. The first-order chi connectivity index (χ1) is 23.7. The van der Waals surface area contributed by atoms with Crippen LogP contribution < -0.4 is 0 Å². The van der Waals surface area contributed by atoms with E-state index in [1.165, 1.54) is 105 Å². The summed E-state index contributed by atoms with van der Waals surface area (Å²) in [6.45, 7) is 4.51. The zero-order valence-corrected chi connectivity index (χ0v) is 28.9. The van der Waals surface area contributed by atoms with Crippen molar-refractivity contribution in [2.45, 2.75) is 104 Å². The third kappa shape index (κ3) is 7.10. The van der Waals surface area contributed by atoms with Crippen LogP contribution in [0.25, 0.3) is 27.6 Å². The van der Waals surface area contributed by atoms with E-state index >= 15 is 0 Å². The van der Waals surface area contributed by atoms with Crippen molar-refractivity contribution in [3.05, 3.63) is 99.6 Å². The molecule has 0 bridgehead atoms. The number of carbonyl (C=O) groups is 1. The Bertz CT molecular complexity index is 1890. The lowest BCUT2D eigenvalue weighted by Gasteiger charge is -2.31. The summed E-state index contributed by atoms with van der Waals surface area (Å²) in [5, 5.41) is 2.88. The Kier molecular flexibility index (Phi) is 10.00. The van der Waals surface area contributed by atoms with Gasteiger partial charge in [-0.05, 0) is 150 Å². The van der Waals surface area contributed by atoms with E-state index in [0.717, 1.165) is 59.4 Å². The van der Waals surface area contributed by atoms with E-state index in [9.17, 15) is 22.4 Å². The molecule has 5 heteroatoms.